The smallest absolute Gasteiger partial charge is 0.322 e. The fraction of sp³-hybridized carbons (Fsp3) is 0.562. The zero-order valence-corrected chi connectivity index (χ0v) is 12.9. The van der Waals surface area contributed by atoms with E-state index in [1.165, 1.54) is 18.2 Å². The molecule has 0 aromatic heterocycles. The summed E-state index contributed by atoms with van der Waals surface area (Å²) in [6, 6.07) is 5.71. The highest BCUT2D eigenvalue weighted by atomic mass is 16.5. The molecule has 0 aliphatic heterocycles. The minimum Gasteiger partial charge on any atom is -0.494 e. The summed E-state index contributed by atoms with van der Waals surface area (Å²) in [6.45, 7) is 7.47. The molecule has 112 valence electrons. The standard InChI is InChI=1S/C16H25NO3/c1-5-9-17-15(16(18)19-4)8-10-20-14-7-6-12(2)13(3)11-14/h6-7,11,15,17H,5,8-10H2,1-4H3. The second kappa shape index (κ2) is 8.59. The maximum Gasteiger partial charge on any atom is 0.322 e. The Morgan fingerprint density at radius 3 is 2.65 bits per heavy atom. The lowest BCUT2D eigenvalue weighted by Crippen LogP contribution is -2.39. The third-order valence-electron chi connectivity index (χ3n) is 3.28. The van der Waals surface area contributed by atoms with Crippen LogP contribution in [0.1, 0.15) is 30.9 Å². The van der Waals surface area contributed by atoms with Crippen molar-refractivity contribution in [1.29, 1.82) is 0 Å². The summed E-state index contributed by atoms with van der Waals surface area (Å²) < 4.78 is 10.5. The average molecular weight is 279 g/mol. The number of nitrogens with one attached hydrogen (secondary N) is 1. The highest BCUT2D eigenvalue weighted by Crippen LogP contribution is 2.16. The van der Waals surface area contributed by atoms with E-state index in [9.17, 15) is 4.79 Å². The molecule has 0 bridgehead atoms. The van der Waals surface area contributed by atoms with Gasteiger partial charge in [0.15, 0.2) is 0 Å². The van der Waals surface area contributed by atoms with Gasteiger partial charge in [0.2, 0.25) is 0 Å². The summed E-state index contributed by atoms with van der Waals surface area (Å²) >= 11 is 0. The van der Waals surface area contributed by atoms with E-state index >= 15 is 0 Å². The topological polar surface area (TPSA) is 47.6 Å². The Morgan fingerprint density at radius 1 is 1.30 bits per heavy atom. The van der Waals surface area contributed by atoms with Gasteiger partial charge in [0.05, 0.1) is 13.7 Å². The predicted octanol–water partition coefficient (Wildman–Crippen LogP) is 2.61. The molecule has 1 N–H and O–H groups in total. The lowest BCUT2D eigenvalue weighted by atomic mass is 10.1. The summed E-state index contributed by atoms with van der Waals surface area (Å²) in [5.74, 6) is 0.606. The van der Waals surface area contributed by atoms with Gasteiger partial charge >= 0.3 is 5.97 Å². The van der Waals surface area contributed by atoms with Crippen LogP contribution in [-0.2, 0) is 9.53 Å². The first-order chi connectivity index (χ1) is 9.58. The third-order valence-corrected chi connectivity index (χ3v) is 3.28. The molecule has 0 aliphatic carbocycles. The van der Waals surface area contributed by atoms with Gasteiger partial charge in [-0.3, -0.25) is 4.79 Å². The third kappa shape index (κ3) is 5.21. The minimum atomic E-state index is -0.300. The minimum absolute atomic E-state index is 0.234. The van der Waals surface area contributed by atoms with Crippen molar-refractivity contribution in [3.8, 4) is 5.75 Å². The molecule has 1 rings (SSSR count). The number of rotatable bonds is 8. The van der Waals surface area contributed by atoms with Crippen molar-refractivity contribution in [2.75, 3.05) is 20.3 Å². The first-order valence-electron chi connectivity index (χ1n) is 7.09. The number of hydrogen-bond donors (Lipinski definition) is 1. The summed E-state index contributed by atoms with van der Waals surface area (Å²) in [4.78, 5) is 11.6. The predicted molar refractivity (Wildman–Crippen MR) is 80.1 cm³/mol. The zero-order chi connectivity index (χ0) is 15.0. The van der Waals surface area contributed by atoms with Gasteiger partial charge in [-0.2, -0.15) is 0 Å². The van der Waals surface area contributed by atoms with E-state index in [2.05, 4.69) is 26.1 Å². The van der Waals surface area contributed by atoms with Crippen LogP contribution in [-0.4, -0.2) is 32.3 Å². The van der Waals surface area contributed by atoms with E-state index in [0.717, 1.165) is 18.7 Å². The van der Waals surface area contributed by atoms with Crippen molar-refractivity contribution in [1.82, 2.24) is 5.32 Å². The fourth-order valence-corrected chi connectivity index (χ4v) is 1.86. The molecule has 0 heterocycles. The van der Waals surface area contributed by atoms with Gasteiger partial charge < -0.3 is 14.8 Å². The first kappa shape index (κ1) is 16.5. The number of esters is 1. The summed E-state index contributed by atoms with van der Waals surface area (Å²) in [6.07, 6.45) is 1.57. The fourth-order valence-electron chi connectivity index (χ4n) is 1.86. The number of ether oxygens (including phenoxy) is 2. The molecule has 0 saturated heterocycles. The molecule has 1 aromatic carbocycles. The van der Waals surface area contributed by atoms with Gasteiger partial charge in [-0.25, -0.2) is 0 Å². The number of carbonyl (C=O) groups is 1. The molecule has 1 unspecified atom stereocenters. The van der Waals surface area contributed by atoms with E-state index in [-0.39, 0.29) is 12.0 Å². The molecule has 0 aliphatic rings. The van der Waals surface area contributed by atoms with Crippen LogP contribution in [0.5, 0.6) is 5.75 Å². The molecule has 4 nitrogen and oxygen atoms in total. The Balaban J connectivity index is 2.46. The van der Waals surface area contributed by atoms with Crippen LogP contribution in [0.25, 0.3) is 0 Å². The van der Waals surface area contributed by atoms with E-state index in [0.29, 0.717) is 13.0 Å². The molecule has 1 atom stereocenters. The Hall–Kier alpha value is -1.55. The molecular weight excluding hydrogens is 254 g/mol. The number of hydrogen-bond acceptors (Lipinski definition) is 4. The van der Waals surface area contributed by atoms with Gasteiger partial charge in [0, 0.05) is 6.42 Å². The van der Waals surface area contributed by atoms with Gasteiger partial charge in [-0.05, 0) is 50.1 Å². The van der Waals surface area contributed by atoms with Crippen LogP contribution in [0.15, 0.2) is 18.2 Å². The monoisotopic (exact) mass is 279 g/mol. The SMILES string of the molecule is CCCNC(CCOc1ccc(C)c(C)c1)C(=O)OC. The van der Waals surface area contributed by atoms with Crippen LogP contribution in [0.4, 0.5) is 0 Å². The quantitative estimate of drug-likeness (QED) is 0.743. The normalized spacial score (nSPS) is 12.0. The van der Waals surface area contributed by atoms with E-state index in [1.807, 2.05) is 18.2 Å². The molecule has 0 amide bonds. The number of carbonyl (C=O) groups excluding carboxylic acids is 1. The van der Waals surface area contributed by atoms with Crippen LogP contribution >= 0.6 is 0 Å². The lowest BCUT2D eigenvalue weighted by Gasteiger charge is -2.16. The number of benzene rings is 1. The average Bonchev–Trinajstić information content (AvgIpc) is 2.45. The molecule has 1 aromatic rings. The summed E-state index contributed by atoms with van der Waals surface area (Å²) in [5, 5.41) is 3.17. The second-order valence-electron chi connectivity index (χ2n) is 4.91. The first-order valence-corrected chi connectivity index (χ1v) is 7.09. The van der Waals surface area contributed by atoms with Crippen LogP contribution in [0.2, 0.25) is 0 Å². The molecular formula is C16H25NO3. The van der Waals surface area contributed by atoms with Crippen molar-refractivity contribution >= 4 is 5.97 Å². The largest absolute Gasteiger partial charge is 0.494 e. The maximum atomic E-state index is 11.6. The molecule has 20 heavy (non-hydrogen) atoms. The van der Waals surface area contributed by atoms with E-state index in [1.54, 1.807) is 0 Å². The Kier molecular flexibility index (Phi) is 7.09. The lowest BCUT2D eigenvalue weighted by molar-refractivity contribution is -0.143. The van der Waals surface area contributed by atoms with Gasteiger partial charge in [0.25, 0.3) is 0 Å². The van der Waals surface area contributed by atoms with Crippen molar-refractivity contribution in [3.63, 3.8) is 0 Å². The van der Waals surface area contributed by atoms with Crippen LogP contribution in [0, 0.1) is 13.8 Å². The Labute approximate surface area is 121 Å². The maximum absolute atomic E-state index is 11.6. The van der Waals surface area contributed by atoms with Crippen molar-refractivity contribution in [3.05, 3.63) is 29.3 Å². The van der Waals surface area contributed by atoms with E-state index in [4.69, 9.17) is 9.47 Å². The van der Waals surface area contributed by atoms with Gasteiger partial charge in [-0.1, -0.05) is 13.0 Å². The van der Waals surface area contributed by atoms with Crippen molar-refractivity contribution in [2.24, 2.45) is 0 Å². The van der Waals surface area contributed by atoms with Crippen molar-refractivity contribution < 1.29 is 14.3 Å². The Morgan fingerprint density at radius 2 is 2.05 bits per heavy atom. The van der Waals surface area contributed by atoms with E-state index < -0.39 is 0 Å². The highest BCUT2D eigenvalue weighted by Gasteiger charge is 2.17. The Bertz CT molecular complexity index is 432. The molecule has 0 saturated carbocycles. The zero-order valence-electron chi connectivity index (χ0n) is 12.9. The number of methoxy groups -OCH3 is 1. The van der Waals surface area contributed by atoms with Crippen LogP contribution in [0.3, 0.4) is 0 Å². The molecule has 0 spiro atoms. The molecule has 4 heteroatoms. The summed E-state index contributed by atoms with van der Waals surface area (Å²) in [5.41, 5.74) is 2.45. The molecule has 0 fully saturated rings. The van der Waals surface area contributed by atoms with Crippen molar-refractivity contribution in [2.45, 2.75) is 39.7 Å². The van der Waals surface area contributed by atoms with Crippen LogP contribution < -0.4 is 10.1 Å². The van der Waals surface area contributed by atoms with Gasteiger partial charge in [0.1, 0.15) is 11.8 Å². The second-order valence-corrected chi connectivity index (χ2v) is 4.91. The van der Waals surface area contributed by atoms with Gasteiger partial charge in [-0.15, -0.1) is 0 Å². The molecule has 0 radical (unpaired) electrons. The summed E-state index contributed by atoms with van der Waals surface area (Å²) in [7, 11) is 1.41. The number of aryl methyl sites for hydroxylation is 2. The highest BCUT2D eigenvalue weighted by molar-refractivity contribution is 5.75.